The first-order valence-corrected chi connectivity index (χ1v) is 10.4. The molecule has 32 heavy (non-hydrogen) atoms. The zero-order chi connectivity index (χ0) is 22.3. The Morgan fingerprint density at radius 1 is 1.16 bits per heavy atom. The minimum Gasteiger partial charge on any atom is -0.352 e. The Balaban J connectivity index is 1.41. The van der Waals surface area contributed by atoms with Crippen LogP contribution in [0.2, 0.25) is 0 Å². The van der Waals surface area contributed by atoms with Gasteiger partial charge in [0.15, 0.2) is 10.9 Å². The van der Waals surface area contributed by atoms with E-state index in [1.165, 1.54) is 23.5 Å². The van der Waals surface area contributed by atoms with Gasteiger partial charge in [0.05, 0.1) is 35.4 Å². The summed E-state index contributed by atoms with van der Waals surface area (Å²) in [6.07, 6.45) is 0.0259. The van der Waals surface area contributed by atoms with Crippen LogP contribution in [0.5, 0.6) is 0 Å². The average Bonchev–Trinajstić information content (AvgIpc) is 3.37. The van der Waals surface area contributed by atoms with E-state index in [2.05, 4.69) is 30.5 Å². The molecule has 0 bridgehead atoms. The van der Waals surface area contributed by atoms with Crippen molar-refractivity contribution in [2.45, 2.75) is 19.1 Å². The smallest absolute Gasteiger partial charge is 0.352 e. The maximum atomic E-state index is 13.1. The number of nitrogens with one attached hydrogen (secondary N) is 2. The van der Waals surface area contributed by atoms with Crippen molar-refractivity contribution < 1.29 is 17.6 Å². The molecule has 0 saturated carbocycles. The van der Waals surface area contributed by atoms with E-state index in [1.807, 2.05) is 4.90 Å². The van der Waals surface area contributed by atoms with Crippen LogP contribution in [0, 0.1) is 5.82 Å². The van der Waals surface area contributed by atoms with Crippen molar-refractivity contribution in [3.8, 4) is 11.3 Å². The van der Waals surface area contributed by atoms with E-state index in [-0.39, 0.29) is 5.95 Å². The Labute approximate surface area is 183 Å². The standard InChI is InChI=1S/C20H15F4N7S/c21-13-7-25-18(26-8-13)29-19-28-16-14-9-27-30-17(14)31(5-4-15(16)32-19)10-11-2-1-3-12(6-11)20(22,23)24/h1-3,6-9H,4-5,10H2,(H,27,30)(H,25,26,28,29). The van der Waals surface area contributed by atoms with Crippen molar-refractivity contribution >= 4 is 28.2 Å². The lowest BCUT2D eigenvalue weighted by Crippen LogP contribution is -2.25. The topological polar surface area (TPSA) is 82.6 Å². The van der Waals surface area contributed by atoms with Gasteiger partial charge in [-0.15, -0.1) is 11.3 Å². The molecule has 7 nitrogen and oxygen atoms in total. The van der Waals surface area contributed by atoms with E-state index in [0.29, 0.717) is 36.0 Å². The highest BCUT2D eigenvalue weighted by atomic mass is 32.1. The second kappa shape index (κ2) is 7.86. The highest BCUT2D eigenvalue weighted by molar-refractivity contribution is 7.16. The average molecular weight is 461 g/mol. The third kappa shape index (κ3) is 4.00. The van der Waals surface area contributed by atoms with Crippen LogP contribution < -0.4 is 10.2 Å². The van der Waals surface area contributed by atoms with Crippen LogP contribution in [-0.2, 0) is 19.1 Å². The number of aromatic amines is 1. The first kappa shape index (κ1) is 20.4. The number of hydrogen-bond donors (Lipinski definition) is 2. The van der Waals surface area contributed by atoms with E-state index in [0.717, 1.165) is 34.6 Å². The Bertz CT molecular complexity index is 1250. The summed E-state index contributed by atoms with van der Waals surface area (Å²) in [7, 11) is 0. The summed E-state index contributed by atoms with van der Waals surface area (Å²) in [5.74, 6) is 0.388. The van der Waals surface area contributed by atoms with E-state index in [1.54, 1.807) is 12.3 Å². The normalized spacial score (nSPS) is 13.4. The van der Waals surface area contributed by atoms with E-state index >= 15 is 0 Å². The molecule has 4 aromatic rings. The first-order chi connectivity index (χ1) is 15.4. The van der Waals surface area contributed by atoms with Crippen LogP contribution in [0.3, 0.4) is 0 Å². The van der Waals surface area contributed by atoms with Crippen molar-refractivity contribution in [3.05, 3.63) is 64.7 Å². The fourth-order valence-corrected chi connectivity index (χ4v) is 4.48. The molecule has 0 atom stereocenters. The molecular formula is C20H15F4N7S. The number of hydrogen-bond acceptors (Lipinski definition) is 7. The van der Waals surface area contributed by atoms with Crippen LogP contribution in [0.15, 0.2) is 42.9 Å². The third-order valence-corrected chi connectivity index (χ3v) is 5.99. The Morgan fingerprint density at radius 2 is 1.97 bits per heavy atom. The van der Waals surface area contributed by atoms with Gasteiger partial charge in [-0.3, -0.25) is 5.10 Å². The van der Waals surface area contributed by atoms with E-state index in [9.17, 15) is 17.6 Å². The monoisotopic (exact) mass is 461 g/mol. The predicted octanol–water partition coefficient (Wildman–Crippen LogP) is 4.79. The molecule has 0 aliphatic carbocycles. The van der Waals surface area contributed by atoms with Gasteiger partial charge in [0, 0.05) is 24.4 Å². The molecule has 0 amide bonds. The van der Waals surface area contributed by atoms with Crippen LogP contribution in [0.1, 0.15) is 16.0 Å². The molecule has 0 radical (unpaired) electrons. The number of nitrogens with zero attached hydrogens (tertiary/aromatic N) is 5. The number of rotatable bonds is 4. The molecule has 0 spiro atoms. The molecule has 0 fully saturated rings. The van der Waals surface area contributed by atoms with E-state index < -0.39 is 17.6 Å². The molecule has 1 aromatic carbocycles. The van der Waals surface area contributed by atoms with Gasteiger partial charge in [-0.2, -0.15) is 18.3 Å². The van der Waals surface area contributed by atoms with Crippen LogP contribution in [0.4, 0.5) is 34.5 Å². The molecule has 4 heterocycles. The molecular weight excluding hydrogens is 446 g/mol. The molecule has 5 rings (SSSR count). The number of fused-ring (bicyclic) bond motifs is 3. The van der Waals surface area contributed by atoms with Crippen molar-refractivity contribution in [2.24, 2.45) is 0 Å². The minimum atomic E-state index is -4.39. The van der Waals surface area contributed by atoms with Gasteiger partial charge in [-0.05, 0) is 17.7 Å². The summed E-state index contributed by atoms with van der Waals surface area (Å²) < 4.78 is 52.3. The van der Waals surface area contributed by atoms with Crippen LogP contribution >= 0.6 is 11.3 Å². The minimum absolute atomic E-state index is 0.230. The number of halogens is 4. The number of aromatic nitrogens is 5. The highest BCUT2D eigenvalue weighted by Crippen LogP contribution is 2.39. The van der Waals surface area contributed by atoms with Gasteiger partial charge in [0.2, 0.25) is 5.95 Å². The molecule has 1 aliphatic heterocycles. The summed E-state index contributed by atoms with van der Waals surface area (Å²) in [6.45, 7) is 0.857. The number of thiazole rings is 1. The third-order valence-electron chi connectivity index (χ3n) is 4.96. The zero-order valence-electron chi connectivity index (χ0n) is 16.3. The zero-order valence-corrected chi connectivity index (χ0v) is 17.1. The van der Waals surface area contributed by atoms with Crippen molar-refractivity contribution in [2.75, 3.05) is 16.8 Å². The van der Waals surface area contributed by atoms with Gasteiger partial charge in [-0.25, -0.2) is 19.3 Å². The fraction of sp³-hybridized carbons (Fsp3) is 0.200. The lowest BCUT2D eigenvalue weighted by atomic mass is 10.1. The second-order valence-corrected chi connectivity index (χ2v) is 8.23. The lowest BCUT2D eigenvalue weighted by molar-refractivity contribution is -0.137. The first-order valence-electron chi connectivity index (χ1n) is 9.56. The van der Waals surface area contributed by atoms with Crippen molar-refractivity contribution in [1.29, 1.82) is 0 Å². The fourth-order valence-electron chi connectivity index (χ4n) is 3.52. The van der Waals surface area contributed by atoms with Gasteiger partial charge in [0.25, 0.3) is 0 Å². The summed E-state index contributed by atoms with van der Waals surface area (Å²) in [5, 5.41) is 10.6. The summed E-state index contributed by atoms with van der Waals surface area (Å²) in [5.41, 5.74) is 1.37. The highest BCUT2D eigenvalue weighted by Gasteiger charge is 2.31. The SMILES string of the molecule is Fc1cnc(Nc2nc3c(s2)CCN(Cc2cccc(C(F)(F)F)c2)c2[nH]ncc2-3)nc1. The van der Waals surface area contributed by atoms with Crippen molar-refractivity contribution in [3.63, 3.8) is 0 Å². The Kier molecular flexibility index (Phi) is 5.00. The predicted molar refractivity (Wildman–Crippen MR) is 111 cm³/mol. The second-order valence-electron chi connectivity index (χ2n) is 7.14. The number of alkyl halides is 3. The molecule has 12 heteroatoms. The Hall–Kier alpha value is -3.54. The quantitative estimate of drug-likeness (QED) is 0.426. The molecule has 3 aromatic heterocycles. The molecule has 164 valence electrons. The largest absolute Gasteiger partial charge is 0.416 e. The number of anilines is 3. The van der Waals surface area contributed by atoms with E-state index in [4.69, 9.17) is 0 Å². The van der Waals surface area contributed by atoms with Gasteiger partial charge in [0.1, 0.15) is 5.82 Å². The summed E-state index contributed by atoms with van der Waals surface area (Å²) >= 11 is 1.42. The summed E-state index contributed by atoms with van der Waals surface area (Å²) in [6, 6.07) is 5.32. The molecule has 0 unspecified atom stereocenters. The lowest BCUT2D eigenvalue weighted by Gasteiger charge is -2.22. The summed E-state index contributed by atoms with van der Waals surface area (Å²) in [4.78, 5) is 15.3. The molecule has 2 N–H and O–H groups in total. The van der Waals surface area contributed by atoms with Crippen molar-refractivity contribution in [1.82, 2.24) is 25.1 Å². The van der Waals surface area contributed by atoms with Crippen LogP contribution in [0.25, 0.3) is 11.3 Å². The molecule has 0 saturated heterocycles. The maximum absolute atomic E-state index is 13.1. The molecule has 1 aliphatic rings. The maximum Gasteiger partial charge on any atom is 0.416 e. The number of H-pyrrole nitrogens is 1. The van der Waals surface area contributed by atoms with Gasteiger partial charge < -0.3 is 10.2 Å². The van der Waals surface area contributed by atoms with Crippen LogP contribution in [-0.4, -0.2) is 31.7 Å². The van der Waals surface area contributed by atoms with Gasteiger partial charge in [-0.1, -0.05) is 12.1 Å². The Morgan fingerprint density at radius 3 is 2.75 bits per heavy atom. The van der Waals surface area contributed by atoms with Gasteiger partial charge >= 0.3 is 6.18 Å². The number of benzene rings is 1.